The van der Waals surface area contributed by atoms with Gasteiger partial charge in [0.2, 0.25) is 0 Å². The zero-order chi connectivity index (χ0) is 10.8. The van der Waals surface area contributed by atoms with Crippen molar-refractivity contribution in [3.63, 3.8) is 0 Å². The highest BCUT2D eigenvalue weighted by molar-refractivity contribution is 8.76. The molecule has 0 fully saturated rings. The molecule has 0 unspecified atom stereocenters. The summed E-state index contributed by atoms with van der Waals surface area (Å²) in [4.78, 5) is 10.4. The molecule has 0 saturated heterocycles. The quantitative estimate of drug-likeness (QED) is 0.476. The lowest BCUT2D eigenvalue weighted by molar-refractivity contribution is -0.137. The predicted molar refractivity (Wildman–Crippen MR) is 64.7 cm³/mol. The fraction of sp³-hybridized carbons (Fsp3) is 0.889. The number of hydrogen-bond donors (Lipinski definition) is 2. The third-order valence-electron chi connectivity index (χ3n) is 1.73. The van der Waals surface area contributed by atoms with Gasteiger partial charge in [0.1, 0.15) is 6.04 Å². The summed E-state index contributed by atoms with van der Waals surface area (Å²) in [5.41, 5.74) is 5.35. The number of carbonyl (C=O) groups is 1. The van der Waals surface area contributed by atoms with Crippen LogP contribution in [-0.4, -0.2) is 28.6 Å². The van der Waals surface area contributed by atoms with Crippen LogP contribution in [-0.2, 0) is 4.79 Å². The van der Waals surface area contributed by atoms with Gasteiger partial charge in [-0.1, -0.05) is 47.8 Å². The van der Waals surface area contributed by atoms with Gasteiger partial charge in [-0.15, -0.1) is 0 Å². The van der Waals surface area contributed by atoms with Crippen LogP contribution in [0, 0.1) is 0 Å². The summed E-state index contributed by atoms with van der Waals surface area (Å²) < 4.78 is 0. The number of hydrogen-bond acceptors (Lipinski definition) is 4. The first-order valence-electron chi connectivity index (χ1n) is 4.91. The Balaban J connectivity index is 3.09. The van der Waals surface area contributed by atoms with Crippen molar-refractivity contribution in [2.24, 2.45) is 5.73 Å². The molecule has 0 saturated carbocycles. The van der Waals surface area contributed by atoms with Crippen molar-refractivity contribution in [3.8, 4) is 0 Å². The minimum atomic E-state index is -0.913. The summed E-state index contributed by atoms with van der Waals surface area (Å²) in [6.45, 7) is 2.19. The molecule has 0 amide bonds. The van der Waals surface area contributed by atoms with Gasteiger partial charge in [-0.25, -0.2) is 0 Å². The minimum Gasteiger partial charge on any atom is -0.480 e. The number of aliphatic carboxylic acids is 1. The molecule has 3 N–H and O–H groups in total. The summed E-state index contributed by atoms with van der Waals surface area (Å²) in [5, 5.41) is 8.51. The van der Waals surface area contributed by atoms with Gasteiger partial charge in [-0.2, -0.15) is 0 Å². The Morgan fingerprint density at radius 3 is 2.64 bits per heavy atom. The largest absolute Gasteiger partial charge is 0.480 e. The summed E-state index contributed by atoms with van der Waals surface area (Å²) in [6, 6.07) is -0.719. The monoisotopic (exact) mass is 237 g/mol. The van der Waals surface area contributed by atoms with Crippen LogP contribution in [0.25, 0.3) is 0 Å². The van der Waals surface area contributed by atoms with Gasteiger partial charge in [0, 0.05) is 11.5 Å². The fourth-order valence-electron chi connectivity index (χ4n) is 0.839. The van der Waals surface area contributed by atoms with Crippen LogP contribution >= 0.6 is 21.6 Å². The van der Waals surface area contributed by atoms with E-state index in [2.05, 4.69) is 6.92 Å². The van der Waals surface area contributed by atoms with E-state index < -0.39 is 12.0 Å². The van der Waals surface area contributed by atoms with Gasteiger partial charge in [-0.3, -0.25) is 4.79 Å². The van der Waals surface area contributed by atoms with Gasteiger partial charge in [0.15, 0.2) is 0 Å². The lowest BCUT2D eigenvalue weighted by Gasteiger charge is -2.04. The molecule has 1 atom stereocenters. The van der Waals surface area contributed by atoms with Crippen molar-refractivity contribution in [2.75, 3.05) is 11.5 Å². The fourth-order valence-corrected chi connectivity index (χ4v) is 3.10. The van der Waals surface area contributed by atoms with Crippen molar-refractivity contribution >= 4 is 27.6 Å². The SMILES string of the molecule is CCCCCCSSC[C@@H](N)C(=O)O. The van der Waals surface area contributed by atoms with E-state index in [0.717, 1.165) is 5.75 Å². The molecule has 0 heterocycles. The van der Waals surface area contributed by atoms with Crippen molar-refractivity contribution in [3.05, 3.63) is 0 Å². The zero-order valence-corrected chi connectivity index (χ0v) is 10.2. The maximum Gasteiger partial charge on any atom is 0.321 e. The average Bonchev–Trinajstić information content (AvgIpc) is 2.16. The van der Waals surface area contributed by atoms with Crippen LogP contribution in [0.3, 0.4) is 0 Å². The van der Waals surface area contributed by atoms with Crippen molar-refractivity contribution in [1.82, 2.24) is 0 Å². The highest BCUT2D eigenvalue weighted by atomic mass is 33.1. The highest BCUT2D eigenvalue weighted by Gasteiger charge is 2.10. The first kappa shape index (κ1) is 14.1. The minimum absolute atomic E-state index is 0.494. The lowest BCUT2D eigenvalue weighted by Crippen LogP contribution is -2.32. The van der Waals surface area contributed by atoms with Gasteiger partial charge in [0.05, 0.1) is 0 Å². The maximum absolute atomic E-state index is 10.4. The third kappa shape index (κ3) is 8.72. The van der Waals surface area contributed by atoms with Crippen LogP contribution < -0.4 is 5.73 Å². The average molecular weight is 237 g/mol. The van der Waals surface area contributed by atoms with Crippen molar-refractivity contribution < 1.29 is 9.90 Å². The molecule has 5 heteroatoms. The van der Waals surface area contributed by atoms with E-state index in [0.29, 0.717) is 5.75 Å². The molecule has 0 rings (SSSR count). The van der Waals surface area contributed by atoms with E-state index in [1.807, 2.05) is 0 Å². The Kier molecular flexibility index (Phi) is 9.77. The van der Waals surface area contributed by atoms with Gasteiger partial charge >= 0.3 is 5.97 Å². The Bertz CT molecular complexity index is 156. The summed E-state index contributed by atoms with van der Waals surface area (Å²) in [7, 11) is 3.28. The smallest absolute Gasteiger partial charge is 0.321 e. The molecule has 14 heavy (non-hydrogen) atoms. The Morgan fingerprint density at radius 1 is 1.36 bits per heavy atom. The molecule has 3 nitrogen and oxygen atoms in total. The molecular formula is C9H19NO2S2. The molecular weight excluding hydrogens is 218 g/mol. The highest BCUT2D eigenvalue weighted by Crippen LogP contribution is 2.23. The Labute approximate surface area is 93.6 Å². The first-order chi connectivity index (χ1) is 6.68. The molecule has 0 aromatic carbocycles. The second-order valence-corrected chi connectivity index (χ2v) is 5.74. The molecule has 0 aliphatic rings. The van der Waals surface area contributed by atoms with Gasteiger partial charge in [0.25, 0.3) is 0 Å². The summed E-state index contributed by atoms with van der Waals surface area (Å²) in [6.07, 6.45) is 5.03. The molecule has 0 aliphatic carbocycles. The third-order valence-corrected chi connectivity index (χ3v) is 4.25. The van der Waals surface area contributed by atoms with Gasteiger partial charge < -0.3 is 10.8 Å². The Morgan fingerprint density at radius 2 is 2.07 bits per heavy atom. The van der Waals surface area contributed by atoms with Crippen molar-refractivity contribution in [2.45, 2.75) is 38.6 Å². The van der Waals surface area contributed by atoms with Crippen molar-refractivity contribution in [1.29, 1.82) is 0 Å². The molecule has 0 aromatic rings. The second-order valence-electron chi connectivity index (χ2n) is 3.11. The van der Waals surface area contributed by atoms with E-state index in [1.165, 1.54) is 25.7 Å². The van der Waals surface area contributed by atoms with Crippen LogP contribution in [0.4, 0.5) is 0 Å². The second kappa shape index (κ2) is 9.68. The molecule has 0 bridgehead atoms. The maximum atomic E-state index is 10.4. The van der Waals surface area contributed by atoms with E-state index in [1.54, 1.807) is 21.6 Å². The number of carboxylic acids is 1. The lowest BCUT2D eigenvalue weighted by atomic mass is 10.2. The van der Waals surface area contributed by atoms with E-state index >= 15 is 0 Å². The molecule has 0 spiro atoms. The summed E-state index contributed by atoms with van der Waals surface area (Å²) in [5.74, 6) is 0.675. The number of unbranched alkanes of at least 4 members (excludes halogenated alkanes) is 3. The molecule has 0 aliphatic heterocycles. The molecule has 0 aromatic heterocycles. The van der Waals surface area contributed by atoms with E-state index in [9.17, 15) is 4.79 Å². The summed E-state index contributed by atoms with van der Waals surface area (Å²) >= 11 is 0. The van der Waals surface area contributed by atoms with Crippen LogP contribution in [0.1, 0.15) is 32.6 Å². The first-order valence-corrected chi connectivity index (χ1v) is 7.40. The van der Waals surface area contributed by atoms with E-state index in [4.69, 9.17) is 10.8 Å². The Hall–Kier alpha value is 0.130. The zero-order valence-electron chi connectivity index (χ0n) is 8.57. The number of carboxylic acid groups (broad SMARTS) is 1. The number of nitrogens with two attached hydrogens (primary N) is 1. The van der Waals surface area contributed by atoms with Crippen LogP contribution in [0.5, 0.6) is 0 Å². The molecule has 0 radical (unpaired) electrons. The normalized spacial score (nSPS) is 12.7. The van der Waals surface area contributed by atoms with Gasteiger partial charge in [-0.05, 0) is 6.42 Å². The topological polar surface area (TPSA) is 63.3 Å². The van der Waals surface area contributed by atoms with Crippen LogP contribution in [0.2, 0.25) is 0 Å². The standard InChI is InChI=1S/C9H19NO2S2/c1-2-3-4-5-6-13-14-7-8(10)9(11)12/h8H,2-7,10H2,1H3,(H,11,12)/t8-/m1/s1. The molecule has 84 valence electrons. The van der Waals surface area contributed by atoms with Crippen LogP contribution in [0.15, 0.2) is 0 Å². The van der Waals surface area contributed by atoms with E-state index in [-0.39, 0.29) is 0 Å². The number of rotatable bonds is 9. The predicted octanol–water partition coefficient (Wildman–Crippen LogP) is 2.36.